The molecule has 1 aromatic heterocycles. The van der Waals surface area contributed by atoms with Crippen molar-refractivity contribution in [2.45, 2.75) is 13.5 Å². The van der Waals surface area contributed by atoms with Crippen LogP contribution in [-0.2, 0) is 6.54 Å². The van der Waals surface area contributed by atoms with Gasteiger partial charge in [-0.25, -0.2) is 4.79 Å². The van der Waals surface area contributed by atoms with Gasteiger partial charge in [-0.05, 0) is 24.6 Å². The molecule has 1 aromatic carbocycles. The van der Waals surface area contributed by atoms with Crippen molar-refractivity contribution in [1.82, 2.24) is 9.72 Å². The highest BCUT2D eigenvalue weighted by molar-refractivity contribution is 6.30. The maximum absolute atomic E-state index is 11.2. The number of hydrogen-bond acceptors (Lipinski definition) is 3. The van der Waals surface area contributed by atoms with Crippen molar-refractivity contribution in [3.63, 3.8) is 0 Å². The molecular formula is C10H9ClN2O2. The Balaban J connectivity index is 2.29. The third-order valence-corrected chi connectivity index (χ3v) is 2.37. The van der Waals surface area contributed by atoms with E-state index in [9.17, 15) is 4.79 Å². The van der Waals surface area contributed by atoms with Crippen molar-refractivity contribution in [3.8, 4) is 0 Å². The summed E-state index contributed by atoms with van der Waals surface area (Å²) in [6.07, 6.45) is 0. The fourth-order valence-electron chi connectivity index (χ4n) is 1.29. The molecule has 0 bridgehead atoms. The molecule has 15 heavy (non-hydrogen) atoms. The molecule has 0 aliphatic rings. The normalized spacial score (nSPS) is 10.5. The number of hydrogen-bond donors (Lipinski definition) is 0. The highest BCUT2D eigenvalue weighted by Gasteiger charge is 2.05. The van der Waals surface area contributed by atoms with Crippen LogP contribution in [0.2, 0.25) is 5.02 Å². The number of benzene rings is 1. The van der Waals surface area contributed by atoms with Gasteiger partial charge in [0.2, 0.25) is 0 Å². The van der Waals surface area contributed by atoms with Gasteiger partial charge in [0.1, 0.15) is 0 Å². The molecule has 0 saturated heterocycles. The summed E-state index contributed by atoms with van der Waals surface area (Å²) in [5.74, 6) is 0.123. The van der Waals surface area contributed by atoms with Gasteiger partial charge < -0.3 is 0 Å². The Bertz CT molecular complexity index is 513. The summed E-state index contributed by atoms with van der Waals surface area (Å²) >= 11 is 5.76. The maximum Gasteiger partial charge on any atom is 0.441 e. The van der Waals surface area contributed by atoms with Crippen LogP contribution >= 0.6 is 11.6 Å². The van der Waals surface area contributed by atoms with Crippen LogP contribution in [0.1, 0.15) is 11.4 Å². The van der Waals surface area contributed by atoms with Gasteiger partial charge in [-0.3, -0.25) is 9.09 Å². The smallest absolute Gasteiger partial charge is 0.296 e. The van der Waals surface area contributed by atoms with Gasteiger partial charge in [0, 0.05) is 5.02 Å². The lowest BCUT2D eigenvalue weighted by molar-refractivity contribution is 0.375. The van der Waals surface area contributed by atoms with Crippen molar-refractivity contribution in [1.29, 1.82) is 0 Å². The Morgan fingerprint density at radius 3 is 2.60 bits per heavy atom. The molecule has 0 amide bonds. The molecule has 1 heterocycles. The molecule has 0 spiro atoms. The number of aromatic nitrogens is 2. The molecule has 2 rings (SSSR count). The predicted molar refractivity (Wildman–Crippen MR) is 56.1 cm³/mol. The minimum absolute atomic E-state index is 0.442. The molecule has 4 nitrogen and oxygen atoms in total. The fourth-order valence-corrected chi connectivity index (χ4v) is 1.41. The maximum atomic E-state index is 11.2. The highest BCUT2D eigenvalue weighted by Crippen LogP contribution is 2.10. The molecular weight excluding hydrogens is 216 g/mol. The molecule has 0 fully saturated rings. The van der Waals surface area contributed by atoms with Crippen molar-refractivity contribution >= 4 is 11.6 Å². The summed E-state index contributed by atoms with van der Waals surface area (Å²) in [7, 11) is 0. The fraction of sp³-hybridized carbons (Fsp3) is 0.200. The van der Waals surface area contributed by atoms with Crippen molar-refractivity contribution < 1.29 is 4.52 Å². The summed E-state index contributed by atoms with van der Waals surface area (Å²) in [5, 5.41) is 4.25. The van der Waals surface area contributed by atoms with Crippen LogP contribution in [0.4, 0.5) is 0 Å². The number of aryl methyl sites for hydroxylation is 1. The van der Waals surface area contributed by atoms with E-state index in [1.54, 1.807) is 19.1 Å². The van der Waals surface area contributed by atoms with Crippen LogP contribution in [0.25, 0.3) is 0 Å². The second-order valence-electron chi connectivity index (χ2n) is 3.21. The van der Waals surface area contributed by atoms with E-state index in [1.807, 2.05) is 12.1 Å². The summed E-state index contributed by atoms with van der Waals surface area (Å²) in [6.45, 7) is 2.17. The van der Waals surface area contributed by atoms with Crippen LogP contribution in [-0.4, -0.2) is 9.72 Å². The zero-order valence-corrected chi connectivity index (χ0v) is 8.86. The SMILES string of the molecule is Cc1noc(=O)n1Cc1ccc(Cl)cc1. The number of rotatable bonds is 2. The first-order valence-corrected chi connectivity index (χ1v) is 4.82. The molecule has 0 saturated carbocycles. The van der Waals surface area contributed by atoms with Crippen LogP contribution in [0, 0.1) is 6.92 Å². The van der Waals surface area contributed by atoms with Crippen molar-refractivity contribution in [3.05, 3.63) is 51.2 Å². The van der Waals surface area contributed by atoms with Crippen LogP contribution in [0.3, 0.4) is 0 Å². The zero-order valence-electron chi connectivity index (χ0n) is 8.11. The zero-order chi connectivity index (χ0) is 10.8. The summed E-state index contributed by atoms with van der Waals surface area (Å²) in [6, 6.07) is 7.29. The van der Waals surface area contributed by atoms with E-state index in [2.05, 4.69) is 9.68 Å². The topological polar surface area (TPSA) is 48.0 Å². The van der Waals surface area contributed by atoms with Gasteiger partial charge in [0.15, 0.2) is 5.82 Å². The van der Waals surface area contributed by atoms with Gasteiger partial charge in [-0.15, -0.1) is 0 Å². The molecule has 0 unspecified atom stereocenters. The monoisotopic (exact) mass is 224 g/mol. The average molecular weight is 225 g/mol. The van der Waals surface area contributed by atoms with Crippen LogP contribution in [0.5, 0.6) is 0 Å². The second kappa shape index (κ2) is 3.90. The van der Waals surface area contributed by atoms with Gasteiger partial charge >= 0.3 is 5.76 Å². The second-order valence-corrected chi connectivity index (χ2v) is 3.64. The Kier molecular flexibility index (Phi) is 2.60. The molecule has 0 radical (unpaired) electrons. The van der Waals surface area contributed by atoms with E-state index in [0.29, 0.717) is 17.4 Å². The standard InChI is InChI=1S/C10H9ClN2O2/c1-7-12-15-10(14)13(7)6-8-2-4-9(11)5-3-8/h2-5H,6H2,1H3. The Morgan fingerprint density at radius 1 is 1.40 bits per heavy atom. The Morgan fingerprint density at radius 2 is 2.07 bits per heavy atom. The number of halogens is 1. The summed E-state index contributed by atoms with van der Waals surface area (Å²) < 4.78 is 5.98. The Hall–Kier alpha value is -1.55. The molecule has 2 aromatic rings. The minimum Gasteiger partial charge on any atom is -0.296 e. The van der Waals surface area contributed by atoms with E-state index in [4.69, 9.17) is 11.6 Å². The molecule has 0 aliphatic carbocycles. The quantitative estimate of drug-likeness (QED) is 0.782. The van der Waals surface area contributed by atoms with Crippen molar-refractivity contribution in [2.24, 2.45) is 0 Å². The highest BCUT2D eigenvalue weighted by atomic mass is 35.5. The summed E-state index contributed by atoms with van der Waals surface area (Å²) in [4.78, 5) is 11.2. The van der Waals surface area contributed by atoms with Gasteiger partial charge in [-0.2, -0.15) is 0 Å². The van der Waals surface area contributed by atoms with Crippen LogP contribution in [0.15, 0.2) is 33.6 Å². The Labute approximate surface area is 91.1 Å². The third kappa shape index (κ3) is 2.10. The minimum atomic E-state index is -0.442. The lowest BCUT2D eigenvalue weighted by atomic mass is 10.2. The van der Waals surface area contributed by atoms with E-state index >= 15 is 0 Å². The predicted octanol–water partition coefficient (Wildman–Crippen LogP) is 1.85. The van der Waals surface area contributed by atoms with E-state index in [-0.39, 0.29) is 0 Å². The van der Waals surface area contributed by atoms with Crippen molar-refractivity contribution in [2.75, 3.05) is 0 Å². The number of nitrogens with zero attached hydrogens (tertiary/aromatic N) is 2. The lowest BCUT2D eigenvalue weighted by Crippen LogP contribution is -2.16. The van der Waals surface area contributed by atoms with Crippen LogP contribution < -0.4 is 5.76 Å². The van der Waals surface area contributed by atoms with Gasteiger partial charge in [-0.1, -0.05) is 28.9 Å². The van der Waals surface area contributed by atoms with Gasteiger partial charge in [0.25, 0.3) is 0 Å². The first kappa shape index (κ1) is 9.98. The summed E-state index contributed by atoms with van der Waals surface area (Å²) in [5.41, 5.74) is 0.979. The molecule has 0 N–H and O–H groups in total. The average Bonchev–Trinajstić information content (AvgIpc) is 2.53. The third-order valence-electron chi connectivity index (χ3n) is 2.12. The lowest BCUT2D eigenvalue weighted by Gasteiger charge is -2.01. The first-order chi connectivity index (χ1) is 7.16. The molecule has 0 atom stereocenters. The van der Waals surface area contributed by atoms with Gasteiger partial charge in [0.05, 0.1) is 6.54 Å². The van der Waals surface area contributed by atoms with E-state index < -0.39 is 5.76 Å². The molecule has 5 heteroatoms. The molecule has 0 aliphatic heterocycles. The molecule has 78 valence electrons. The largest absolute Gasteiger partial charge is 0.441 e. The first-order valence-electron chi connectivity index (χ1n) is 4.44. The van der Waals surface area contributed by atoms with E-state index in [1.165, 1.54) is 4.57 Å². The van der Waals surface area contributed by atoms with E-state index in [0.717, 1.165) is 5.56 Å².